The number of nitrogens with zero attached hydrogens (tertiary/aromatic N) is 2. The van der Waals surface area contributed by atoms with Gasteiger partial charge in [-0.25, -0.2) is 4.39 Å². The number of rotatable bonds is 2. The van der Waals surface area contributed by atoms with Crippen LogP contribution in [0.15, 0.2) is 18.2 Å². The Kier molecular flexibility index (Phi) is 4.22. The summed E-state index contributed by atoms with van der Waals surface area (Å²) in [5.74, 6) is -0.255. The van der Waals surface area contributed by atoms with Gasteiger partial charge in [-0.3, -0.25) is 9.69 Å². The van der Waals surface area contributed by atoms with Gasteiger partial charge in [0.1, 0.15) is 5.82 Å². The van der Waals surface area contributed by atoms with Crippen molar-refractivity contribution in [2.24, 2.45) is 0 Å². The van der Waals surface area contributed by atoms with Gasteiger partial charge in [-0.05, 0) is 37.1 Å². The fourth-order valence-electron chi connectivity index (χ4n) is 3.31. The second-order valence-corrected chi connectivity index (χ2v) is 5.94. The van der Waals surface area contributed by atoms with E-state index in [2.05, 4.69) is 10.2 Å². The molecule has 0 aromatic heterocycles. The molecule has 3 rings (SSSR count). The van der Waals surface area contributed by atoms with Crippen molar-refractivity contribution in [1.82, 2.24) is 15.1 Å². The summed E-state index contributed by atoms with van der Waals surface area (Å²) >= 11 is 0. The molecule has 0 radical (unpaired) electrons. The lowest BCUT2D eigenvalue weighted by atomic mass is 10.1. The highest BCUT2D eigenvalue weighted by atomic mass is 19.1. The maximum absolute atomic E-state index is 13.2. The fourth-order valence-corrected chi connectivity index (χ4v) is 3.31. The molecule has 1 unspecified atom stereocenters. The van der Waals surface area contributed by atoms with Gasteiger partial charge < -0.3 is 10.2 Å². The molecule has 2 aliphatic rings. The lowest BCUT2D eigenvalue weighted by Crippen LogP contribution is -2.49. The Hall–Kier alpha value is -1.46. The highest BCUT2D eigenvalue weighted by molar-refractivity contribution is 5.95. The summed E-state index contributed by atoms with van der Waals surface area (Å²) in [4.78, 5) is 17.0. The van der Waals surface area contributed by atoms with E-state index < -0.39 is 0 Å². The highest BCUT2D eigenvalue weighted by Gasteiger charge is 2.31. The molecule has 5 heteroatoms. The predicted octanol–water partition coefficient (Wildman–Crippen LogP) is 1.25. The van der Waals surface area contributed by atoms with Crippen molar-refractivity contribution >= 4 is 5.91 Å². The molecular weight excluding hydrogens is 269 g/mol. The van der Waals surface area contributed by atoms with Gasteiger partial charge in [-0.2, -0.15) is 0 Å². The Labute approximate surface area is 124 Å². The third-order valence-corrected chi connectivity index (χ3v) is 4.54. The molecule has 0 aliphatic carbocycles. The van der Waals surface area contributed by atoms with Gasteiger partial charge in [0.15, 0.2) is 0 Å². The molecule has 0 saturated carbocycles. The normalized spacial score (nSPS) is 23.5. The molecule has 114 valence electrons. The third-order valence-electron chi connectivity index (χ3n) is 4.54. The molecule has 1 aromatic carbocycles. The minimum absolute atomic E-state index is 0.0325. The zero-order valence-corrected chi connectivity index (χ0v) is 12.4. The summed E-state index contributed by atoms with van der Waals surface area (Å²) < 4.78 is 13.2. The van der Waals surface area contributed by atoms with E-state index >= 15 is 0 Å². The largest absolute Gasteiger partial charge is 0.337 e. The van der Waals surface area contributed by atoms with Gasteiger partial charge in [0.2, 0.25) is 0 Å². The average molecular weight is 291 g/mol. The number of piperazine rings is 1. The molecule has 2 heterocycles. The summed E-state index contributed by atoms with van der Waals surface area (Å²) in [6, 6.07) is 4.86. The maximum Gasteiger partial charge on any atom is 0.254 e. The van der Waals surface area contributed by atoms with Crippen LogP contribution >= 0.6 is 0 Å². The van der Waals surface area contributed by atoms with Crippen LogP contribution in [0.1, 0.15) is 22.3 Å². The van der Waals surface area contributed by atoms with Crippen LogP contribution in [0, 0.1) is 12.7 Å². The molecule has 1 N–H and O–H groups in total. The Bertz CT molecular complexity index is 528. The number of likely N-dealkylation sites (tertiary alicyclic amines) is 1. The van der Waals surface area contributed by atoms with Gasteiger partial charge in [0.25, 0.3) is 5.91 Å². The molecule has 2 aliphatic heterocycles. The molecule has 21 heavy (non-hydrogen) atoms. The standard InChI is InChI=1S/C16H22FN3O/c1-12-10-13(17)2-3-15(12)16(21)20-7-4-14(11-20)19-8-5-18-6-9-19/h2-3,10,14,18H,4-9,11H2,1H3. The first-order valence-corrected chi connectivity index (χ1v) is 7.65. The van der Waals surface area contributed by atoms with E-state index in [1.165, 1.54) is 12.1 Å². The predicted molar refractivity (Wildman–Crippen MR) is 79.9 cm³/mol. The van der Waals surface area contributed by atoms with E-state index in [1.807, 2.05) is 4.90 Å². The zero-order chi connectivity index (χ0) is 14.8. The van der Waals surface area contributed by atoms with Crippen LogP contribution in [0.2, 0.25) is 0 Å². The molecule has 1 atom stereocenters. The van der Waals surface area contributed by atoms with Crippen molar-refractivity contribution < 1.29 is 9.18 Å². The van der Waals surface area contributed by atoms with Crippen molar-refractivity contribution in [3.05, 3.63) is 35.1 Å². The Balaban J connectivity index is 1.66. The highest BCUT2D eigenvalue weighted by Crippen LogP contribution is 2.20. The minimum Gasteiger partial charge on any atom is -0.337 e. The van der Waals surface area contributed by atoms with Crippen LogP contribution in [0.25, 0.3) is 0 Å². The van der Waals surface area contributed by atoms with Crippen LogP contribution in [-0.2, 0) is 0 Å². The Morgan fingerprint density at radius 2 is 2.05 bits per heavy atom. The molecule has 1 amide bonds. The van der Waals surface area contributed by atoms with E-state index in [4.69, 9.17) is 0 Å². The van der Waals surface area contributed by atoms with Crippen molar-refractivity contribution in [3.63, 3.8) is 0 Å². The molecule has 2 saturated heterocycles. The maximum atomic E-state index is 13.2. The molecule has 1 aromatic rings. The number of carbonyl (C=O) groups is 1. The molecular formula is C16H22FN3O. The van der Waals surface area contributed by atoms with Gasteiger partial charge >= 0.3 is 0 Å². The van der Waals surface area contributed by atoms with Gasteiger partial charge in [-0.15, -0.1) is 0 Å². The Morgan fingerprint density at radius 3 is 2.76 bits per heavy atom. The van der Waals surface area contributed by atoms with Crippen molar-refractivity contribution in [1.29, 1.82) is 0 Å². The first-order chi connectivity index (χ1) is 10.1. The lowest BCUT2D eigenvalue weighted by molar-refractivity contribution is 0.0772. The van der Waals surface area contributed by atoms with Crippen molar-refractivity contribution in [2.45, 2.75) is 19.4 Å². The van der Waals surface area contributed by atoms with Crippen LogP contribution in [0.4, 0.5) is 4.39 Å². The van der Waals surface area contributed by atoms with Crippen molar-refractivity contribution in [3.8, 4) is 0 Å². The first kappa shape index (κ1) is 14.5. The summed E-state index contributed by atoms with van der Waals surface area (Å²) in [5.41, 5.74) is 1.34. The average Bonchev–Trinajstić information content (AvgIpc) is 2.97. The van der Waals surface area contributed by atoms with Crippen LogP contribution in [0.5, 0.6) is 0 Å². The van der Waals surface area contributed by atoms with Crippen molar-refractivity contribution in [2.75, 3.05) is 39.3 Å². The second-order valence-electron chi connectivity index (χ2n) is 5.94. The quantitative estimate of drug-likeness (QED) is 0.891. The van der Waals surface area contributed by atoms with E-state index in [0.717, 1.165) is 45.7 Å². The number of amides is 1. The summed E-state index contributed by atoms with van der Waals surface area (Å²) in [6.45, 7) is 7.55. The molecule has 0 bridgehead atoms. The number of halogens is 1. The number of hydrogen-bond donors (Lipinski definition) is 1. The van der Waals surface area contributed by atoms with Crippen LogP contribution < -0.4 is 5.32 Å². The lowest BCUT2D eigenvalue weighted by Gasteiger charge is -2.32. The van der Waals surface area contributed by atoms with E-state index in [9.17, 15) is 9.18 Å². The summed E-state index contributed by atoms with van der Waals surface area (Å²) in [6.07, 6.45) is 1.03. The van der Waals surface area contributed by atoms with E-state index in [1.54, 1.807) is 13.0 Å². The second kappa shape index (κ2) is 6.12. The van der Waals surface area contributed by atoms with Gasteiger partial charge in [0.05, 0.1) is 0 Å². The summed E-state index contributed by atoms with van der Waals surface area (Å²) in [5, 5.41) is 3.35. The number of hydrogen-bond acceptors (Lipinski definition) is 3. The third kappa shape index (κ3) is 3.09. The zero-order valence-electron chi connectivity index (χ0n) is 12.4. The molecule has 2 fully saturated rings. The fraction of sp³-hybridized carbons (Fsp3) is 0.562. The van der Waals surface area contributed by atoms with E-state index in [-0.39, 0.29) is 11.7 Å². The van der Waals surface area contributed by atoms with Gasteiger partial charge in [-0.1, -0.05) is 0 Å². The smallest absolute Gasteiger partial charge is 0.254 e. The van der Waals surface area contributed by atoms with Crippen LogP contribution in [-0.4, -0.2) is 61.0 Å². The van der Waals surface area contributed by atoms with Crippen LogP contribution in [0.3, 0.4) is 0 Å². The SMILES string of the molecule is Cc1cc(F)ccc1C(=O)N1CCC(N2CCNCC2)C1. The molecule has 0 spiro atoms. The topological polar surface area (TPSA) is 35.6 Å². The number of aryl methyl sites for hydroxylation is 1. The molecule has 4 nitrogen and oxygen atoms in total. The summed E-state index contributed by atoms with van der Waals surface area (Å²) in [7, 11) is 0. The minimum atomic E-state index is -0.288. The monoisotopic (exact) mass is 291 g/mol. The number of nitrogens with one attached hydrogen (secondary N) is 1. The Morgan fingerprint density at radius 1 is 1.29 bits per heavy atom. The van der Waals surface area contributed by atoms with Gasteiger partial charge in [0, 0.05) is 50.9 Å². The first-order valence-electron chi connectivity index (χ1n) is 7.65. The number of carbonyl (C=O) groups excluding carboxylic acids is 1. The van der Waals surface area contributed by atoms with E-state index in [0.29, 0.717) is 17.2 Å². The number of benzene rings is 1.